The second-order valence-corrected chi connectivity index (χ2v) is 8.29. The number of hydrogen-bond donors (Lipinski definition) is 1. The van der Waals surface area contributed by atoms with Crippen LogP contribution in [0.15, 0.2) is 0 Å². The van der Waals surface area contributed by atoms with Crippen LogP contribution in [0.5, 0.6) is 0 Å². The van der Waals surface area contributed by atoms with Gasteiger partial charge in [-0.25, -0.2) is 0 Å². The number of aryl methyl sites for hydroxylation is 2. The van der Waals surface area contributed by atoms with Gasteiger partial charge >= 0.3 is 0 Å². The summed E-state index contributed by atoms with van der Waals surface area (Å²) in [6, 6.07) is -0.248. The molecule has 2 fully saturated rings. The van der Waals surface area contributed by atoms with E-state index in [1.807, 2.05) is 11.8 Å². The van der Waals surface area contributed by atoms with Gasteiger partial charge < -0.3 is 14.8 Å². The minimum absolute atomic E-state index is 0.0179. The van der Waals surface area contributed by atoms with E-state index >= 15 is 0 Å². The lowest BCUT2D eigenvalue weighted by molar-refractivity contribution is -0.138. The molecule has 23 heavy (non-hydrogen) atoms. The molecular formula is C15H21N5O2S. The average molecular weight is 335 g/mol. The number of amides is 2. The third-order valence-electron chi connectivity index (χ3n) is 5.23. The van der Waals surface area contributed by atoms with Crippen molar-refractivity contribution in [1.29, 1.82) is 0 Å². The first-order chi connectivity index (χ1) is 11.0. The molecule has 1 aromatic rings. The molecule has 0 unspecified atom stereocenters. The summed E-state index contributed by atoms with van der Waals surface area (Å²) in [7, 11) is 0. The van der Waals surface area contributed by atoms with Gasteiger partial charge in [-0.15, -0.1) is 22.0 Å². The average Bonchev–Trinajstić information content (AvgIpc) is 3.14. The molecule has 2 saturated heterocycles. The molecular weight excluding hydrogens is 314 g/mol. The molecule has 0 saturated carbocycles. The van der Waals surface area contributed by atoms with Crippen molar-refractivity contribution >= 4 is 23.6 Å². The summed E-state index contributed by atoms with van der Waals surface area (Å²) in [6.07, 6.45) is 3.09. The number of rotatable bonds is 2. The van der Waals surface area contributed by atoms with Gasteiger partial charge in [0.15, 0.2) is 0 Å². The fraction of sp³-hybridized carbons (Fsp3) is 0.733. The Labute approximate surface area is 139 Å². The standard InChI is InChI=1S/C15H21N5O2S/c1-9-17-18-12-4-3-10(7-19(9)12)16-14(22)11-8-23-15(2)6-5-13(21)20(11)15/h10-11H,3-8H2,1-2H3,(H,16,22)/t10-,11-,15-/m1/s1. The Hall–Kier alpha value is -1.57. The summed E-state index contributed by atoms with van der Waals surface area (Å²) >= 11 is 1.73. The van der Waals surface area contributed by atoms with E-state index in [2.05, 4.69) is 27.0 Å². The molecule has 0 spiro atoms. The number of carbonyl (C=O) groups excluding carboxylic acids is 2. The molecule has 8 heteroatoms. The normalized spacial score (nSPS) is 32.8. The van der Waals surface area contributed by atoms with Gasteiger partial charge in [0.1, 0.15) is 17.7 Å². The highest BCUT2D eigenvalue weighted by molar-refractivity contribution is 8.01. The maximum Gasteiger partial charge on any atom is 0.243 e. The molecule has 124 valence electrons. The summed E-state index contributed by atoms with van der Waals surface area (Å²) in [4.78, 5) is 26.5. The van der Waals surface area contributed by atoms with Gasteiger partial charge in [-0.2, -0.15) is 0 Å². The Balaban J connectivity index is 1.45. The summed E-state index contributed by atoms with van der Waals surface area (Å²) in [5.41, 5.74) is 0. The second-order valence-electron chi connectivity index (χ2n) is 6.78. The zero-order chi connectivity index (χ0) is 16.2. The monoisotopic (exact) mass is 335 g/mol. The molecule has 4 heterocycles. The van der Waals surface area contributed by atoms with E-state index in [-0.39, 0.29) is 28.8 Å². The van der Waals surface area contributed by atoms with Gasteiger partial charge in [-0.1, -0.05) is 0 Å². The van der Waals surface area contributed by atoms with Crippen molar-refractivity contribution < 1.29 is 9.59 Å². The van der Waals surface area contributed by atoms with Gasteiger partial charge in [-0.3, -0.25) is 9.59 Å². The highest BCUT2D eigenvalue weighted by Gasteiger charge is 2.53. The van der Waals surface area contributed by atoms with Crippen LogP contribution in [0.2, 0.25) is 0 Å². The molecule has 1 N–H and O–H groups in total. The van der Waals surface area contributed by atoms with Crippen LogP contribution in [0.3, 0.4) is 0 Å². The van der Waals surface area contributed by atoms with Gasteiger partial charge in [0.05, 0.1) is 4.87 Å². The second kappa shape index (κ2) is 5.22. The highest BCUT2D eigenvalue weighted by Crippen LogP contribution is 2.47. The van der Waals surface area contributed by atoms with E-state index in [4.69, 9.17) is 0 Å². The van der Waals surface area contributed by atoms with Crippen LogP contribution >= 0.6 is 11.8 Å². The molecule has 1 aromatic heterocycles. The lowest BCUT2D eigenvalue weighted by Gasteiger charge is -2.31. The fourth-order valence-electron chi connectivity index (χ4n) is 3.89. The largest absolute Gasteiger partial charge is 0.350 e. The number of hydrogen-bond acceptors (Lipinski definition) is 5. The van der Waals surface area contributed by atoms with Gasteiger partial charge in [-0.05, 0) is 26.7 Å². The first-order valence-electron chi connectivity index (χ1n) is 8.13. The number of nitrogens with zero attached hydrogens (tertiary/aromatic N) is 4. The molecule has 0 aliphatic carbocycles. The number of aromatic nitrogens is 3. The molecule has 0 aromatic carbocycles. The van der Waals surface area contributed by atoms with E-state index in [9.17, 15) is 9.59 Å². The van der Waals surface area contributed by atoms with Crippen LogP contribution in [0.25, 0.3) is 0 Å². The van der Waals surface area contributed by atoms with Crippen LogP contribution in [-0.4, -0.2) is 54.2 Å². The van der Waals surface area contributed by atoms with Crippen LogP contribution in [-0.2, 0) is 22.6 Å². The summed E-state index contributed by atoms with van der Waals surface area (Å²) in [5.74, 6) is 2.66. The Morgan fingerprint density at radius 1 is 1.39 bits per heavy atom. The van der Waals surface area contributed by atoms with Crippen LogP contribution < -0.4 is 5.32 Å². The smallest absolute Gasteiger partial charge is 0.243 e. The molecule has 4 rings (SSSR count). The Kier molecular flexibility index (Phi) is 3.40. The molecule has 0 bridgehead atoms. The van der Waals surface area contributed by atoms with Gasteiger partial charge in [0, 0.05) is 31.2 Å². The summed E-state index contributed by atoms with van der Waals surface area (Å²) < 4.78 is 2.07. The molecule has 7 nitrogen and oxygen atoms in total. The maximum absolute atomic E-state index is 12.7. The number of carbonyl (C=O) groups is 2. The third kappa shape index (κ3) is 2.34. The molecule has 0 radical (unpaired) electrons. The third-order valence-corrected chi connectivity index (χ3v) is 6.73. The number of thioether (sulfide) groups is 1. The van der Waals surface area contributed by atoms with E-state index < -0.39 is 0 Å². The van der Waals surface area contributed by atoms with Crippen LogP contribution in [0.4, 0.5) is 0 Å². The lowest BCUT2D eigenvalue weighted by Crippen LogP contribution is -2.53. The molecule has 2 amide bonds. The van der Waals surface area contributed by atoms with E-state index in [1.165, 1.54) is 0 Å². The van der Waals surface area contributed by atoms with E-state index in [0.29, 0.717) is 18.7 Å². The predicted octanol–water partition coefficient (Wildman–Crippen LogP) is 0.472. The molecule has 3 atom stereocenters. The van der Waals surface area contributed by atoms with Crippen LogP contribution in [0, 0.1) is 6.92 Å². The summed E-state index contributed by atoms with van der Waals surface area (Å²) in [5, 5.41) is 11.4. The van der Waals surface area contributed by atoms with Gasteiger partial charge in [0.2, 0.25) is 11.8 Å². The molecule has 3 aliphatic rings. The lowest BCUT2D eigenvalue weighted by atomic mass is 10.1. The van der Waals surface area contributed by atoms with Crippen LogP contribution in [0.1, 0.15) is 37.8 Å². The zero-order valence-corrected chi connectivity index (χ0v) is 14.2. The molecule has 3 aliphatic heterocycles. The SMILES string of the molecule is Cc1nnc2n1C[C@H](NC(=O)[C@H]1CS[C@]3(C)CCC(=O)N13)CC2. The maximum atomic E-state index is 12.7. The van der Waals surface area contributed by atoms with Crippen molar-refractivity contribution in [1.82, 2.24) is 25.0 Å². The van der Waals surface area contributed by atoms with Crippen molar-refractivity contribution in [2.45, 2.75) is 63.0 Å². The number of nitrogens with one attached hydrogen (secondary N) is 1. The number of fused-ring (bicyclic) bond motifs is 2. The summed E-state index contributed by atoms with van der Waals surface area (Å²) in [6.45, 7) is 4.72. The first-order valence-corrected chi connectivity index (χ1v) is 9.12. The predicted molar refractivity (Wildman–Crippen MR) is 85.7 cm³/mol. The van der Waals surface area contributed by atoms with Crippen molar-refractivity contribution in [2.24, 2.45) is 0 Å². The minimum atomic E-state index is -0.330. The Bertz CT molecular complexity index is 675. The minimum Gasteiger partial charge on any atom is -0.350 e. The Morgan fingerprint density at radius 2 is 2.22 bits per heavy atom. The van der Waals surface area contributed by atoms with Crippen molar-refractivity contribution in [3.8, 4) is 0 Å². The van der Waals surface area contributed by atoms with E-state index in [1.54, 1.807) is 11.8 Å². The van der Waals surface area contributed by atoms with Crippen molar-refractivity contribution in [3.63, 3.8) is 0 Å². The fourth-order valence-corrected chi connectivity index (χ4v) is 5.32. The van der Waals surface area contributed by atoms with E-state index in [0.717, 1.165) is 30.9 Å². The van der Waals surface area contributed by atoms with Crippen molar-refractivity contribution in [3.05, 3.63) is 11.6 Å². The first kappa shape index (κ1) is 15.0. The highest BCUT2D eigenvalue weighted by atomic mass is 32.2. The quantitative estimate of drug-likeness (QED) is 0.850. The zero-order valence-electron chi connectivity index (χ0n) is 13.4. The van der Waals surface area contributed by atoms with Gasteiger partial charge in [0.25, 0.3) is 0 Å². The Morgan fingerprint density at radius 3 is 3.04 bits per heavy atom. The van der Waals surface area contributed by atoms with Crippen molar-refractivity contribution in [2.75, 3.05) is 5.75 Å². The topological polar surface area (TPSA) is 80.1 Å².